The Balaban J connectivity index is 2.01. The highest BCUT2D eigenvalue weighted by molar-refractivity contribution is 6.30. The molecule has 0 heterocycles. The number of nitrogens with two attached hydrogens (primary N) is 1. The Morgan fingerprint density at radius 2 is 1.95 bits per heavy atom. The number of nitrogens with zero attached hydrogens (tertiary/aromatic N) is 1. The fraction of sp³-hybridized carbons (Fsp3) is 0.625. The lowest BCUT2D eigenvalue weighted by Crippen LogP contribution is -2.53. The zero-order valence-corrected chi connectivity index (χ0v) is 12.8. The molecule has 2 nitrogen and oxygen atoms in total. The molecule has 0 aliphatic heterocycles. The predicted octanol–water partition coefficient (Wildman–Crippen LogP) is 3.33. The van der Waals surface area contributed by atoms with Gasteiger partial charge < -0.3 is 5.73 Å². The molecule has 1 aromatic rings. The number of benzene rings is 1. The summed E-state index contributed by atoms with van der Waals surface area (Å²) in [6.45, 7) is 4.11. The number of halogens is 1. The molecule has 0 saturated heterocycles. The molecule has 2 N–H and O–H groups in total. The lowest BCUT2D eigenvalue weighted by Gasteiger charge is -2.42. The first-order valence-electron chi connectivity index (χ1n) is 7.19. The van der Waals surface area contributed by atoms with E-state index in [2.05, 4.69) is 31.0 Å². The van der Waals surface area contributed by atoms with Crippen LogP contribution in [0.2, 0.25) is 5.02 Å². The molecule has 1 saturated carbocycles. The molecule has 0 aromatic heterocycles. The first-order chi connectivity index (χ1) is 9.03. The third kappa shape index (κ3) is 3.71. The van der Waals surface area contributed by atoms with Gasteiger partial charge in [0.05, 0.1) is 0 Å². The van der Waals surface area contributed by atoms with Gasteiger partial charge in [-0.05, 0) is 56.8 Å². The maximum atomic E-state index is 6.05. The van der Waals surface area contributed by atoms with Gasteiger partial charge >= 0.3 is 0 Å². The largest absolute Gasteiger partial charge is 0.329 e. The summed E-state index contributed by atoms with van der Waals surface area (Å²) in [5.74, 6) is 0.876. The highest BCUT2D eigenvalue weighted by Crippen LogP contribution is 2.29. The van der Waals surface area contributed by atoms with Gasteiger partial charge in [0.2, 0.25) is 0 Å². The van der Waals surface area contributed by atoms with Crippen molar-refractivity contribution in [2.45, 2.75) is 38.1 Å². The quantitative estimate of drug-likeness (QED) is 0.866. The van der Waals surface area contributed by atoms with Crippen molar-refractivity contribution < 1.29 is 0 Å². The van der Waals surface area contributed by atoms with E-state index >= 15 is 0 Å². The molecule has 19 heavy (non-hydrogen) atoms. The molecule has 1 aliphatic rings. The molecular weight excluding hydrogens is 256 g/mol. The second-order valence-electron chi connectivity index (χ2n) is 6.18. The number of rotatable bonds is 6. The summed E-state index contributed by atoms with van der Waals surface area (Å²) >= 11 is 5.94. The fourth-order valence-electron chi connectivity index (χ4n) is 2.69. The summed E-state index contributed by atoms with van der Waals surface area (Å²) in [6, 6.07) is 8.13. The van der Waals surface area contributed by atoms with Crippen LogP contribution in [-0.2, 0) is 6.42 Å². The molecule has 1 aliphatic carbocycles. The molecule has 0 spiro atoms. The van der Waals surface area contributed by atoms with Crippen molar-refractivity contribution in [1.82, 2.24) is 4.90 Å². The SMILES string of the molecule is CN(CC1CCC1)C(C)(CN)Cc1ccc(Cl)cc1. The van der Waals surface area contributed by atoms with Gasteiger partial charge in [0.15, 0.2) is 0 Å². The third-order valence-corrected chi connectivity index (χ3v) is 4.87. The summed E-state index contributed by atoms with van der Waals surface area (Å²) < 4.78 is 0. The molecule has 1 unspecified atom stereocenters. The van der Waals surface area contributed by atoms with Gasteiger partial charge in [-0.2, -0.15) is 0 Å². The van der Waals surface area contributed by atoms with Crippen LogP contribution in [0.3, 0.4) is 0 Å². The number of hydrogen-bond donors (Lipinski definition) is 1. The van der Waals surface area contributed by atoms with Gasteiger partial charge in [0.1, 0.15) is 0 Å². The predicted molar refractivity (Wildman–Crippen MR) is 82.6 cm³/mol. The minimum Gasteiger partial charge on any atom is -0.329 e. The van der Waals surface area contributed by atoms with E-state index in [0.717, 1.165) is 17.4 Å². The van der Waals surface area contributed by atoms with E-state index in [9.17, 15) is 0 Å². The molecule has 0 amide bonds. The Morgan fingerprint density at radius 3 is 2.42 bits per heavy atom. The minimum absolute atomic E-state index is 0.0312. The van der Waals surface area contributed by atoms with E-state index in [4.69, 9.17) is 17.3 Å². The number of likely N-dealkylation sites (N-methyl/N-ethyl adjacent to an activating group) is 1. The van der Waals surface area contributed by atoms with E-state index in [1.54, 1.807) is 0 Å². The Hall–Kier alpha value is -0.570. The van der Waals surface area contributed by atoms with Crippen LogP contribution >= 0.6 is 11.6 Å². The first-order valence-corrected chi connectivity index (χ1v) is 7.57. The Labute approximate surface area is 121 Å². The van der Waals surface area contributed by atoms with Gasteiger partial charge in [-0.1, -0.05) is 30.2 Å². The third-order valence-electron chi connectivity index (χ3n) is 4.62. The highest BCUT2D eigenvalue weighted by Gasteiger charge is 2.31. The summed E-state index contributed by atoms with van der Waals surface area (Å²) in [7, 11) is 2.21. The molecule has 0 bridgehead atoms. The molecule has 2 rings (SSSR count). The van der Waals surface area contributed by atoms with Crippen LogP contribution in [0.25, 0.3) is 0 Å². The van der Waals surface area contributed by atoms with Crippen LogP contribution in [0.4, 0.5) is 0 Å². The molecule has 3 heteroatoms. The summed E-state index contributed by atoms with van der Waals surface area (Å²) in [4.78, 5) is 2.45. The molecule has 1 fully saturated rings. The number of hydrogen-bond acceptors (Lipinski definition) is 2. The monoisotopic (exact) mass is 280 g/mol. The average molecular weight is 281 g/mol. The standard InChI is InChI=1S/C16H25ClN2/c1-16(12-18,19(2)11-14-4-3-5-14)10-13-6-8-15(17)9-7-13/h6-9,14H,3-5,10-12,18H2,1-2H3. The van der Waals surface area contributed by atoms with Crippen LogP contribution in [0.5, 0.6) is 0 Å². The van der Waals surface area contributed by atoms with Gasteiger partial charge in [0.25, 0.3) is 0 Å². The Bertz CT molecular complexity index is 400. The van der Waals surface area contributed by atoms with Gasteiger partial charge in [-0.25, -0.2) is 0 Å². The second-order valence-corrected chi connectivity index (χ2v) is 6.62. The lowest BCUT2D eigenvalue weighted by atomic mass is 9.83. The molecule has 1 atom stereocenters. The smallest absolute Gasteiger partial charge is 0.0406 e. The van der Waals surface area contributed by atoms with Crippen LogP contribution in [0, 0.1) is 5.92 Å². The van der Waals surface area contributed by atoms with Gasteiger partial charge in [-0.3, -0.25) is 4.90 Å². The van der Waals surface area contributed by atoms with E-state index in [0.29, 0.717) is 6.54 Å². The fourth-order valence-corrected chi connectivity index (χ4v) is 2.81. The Kier molecular flexibility index (Phi) is 4.88. The van der Waals surface area contributed by atoms with Gasteiger partial charge in [-0.15, -0.1) is 0 Å². The molecule has 106 valence electrons. The summed E-state index contributed by atoms with van der Waals surface area (Å²) in [6.07, 6.45) is 5.14. The van der Waals surface area contributed by atoms with E-state index in [1.807, 2.05) is 12.1 Å². The van der Waals surface area contributed by atoms with Crippen molar-refractivity contribution in [3.05, 3.63) is 34.9 Å². The van der Waals surface area contributed by atoms with Crippen LogP contribution < -0.4 is 5.73 Å². The van der Waals surface area contributed by atoms with Gasteiger partial charge in [0, 0.05) is 23.7 Å². The highest BCUT2D eigenvalue weighted by atomic mass is 35.5. The molecule has 0 radical (unpaired) electrons. The molecule has 1 aromatic carbocycles. The average Bonchev–Trinajstić information content (AvgIpc) is 2.36. The summed E-state index contributed by atoms with van der Waals surface area (Å²) in [5.41, 5.74) is 7.39. The van der Waals surface area contributed by atoms with E-state index < -0.39 is 0 Å². The Morgan fingerprint density at radius 1 is 1.32 bits per heavy atom. The second kappa shape index (κ2) is 6.25. The zero-order valence-electron chi connectivity index (χ0n) is 12.0. The van der Waals surface area contributed by atoms with Crippen LogP contribution in [0.15, 0.2) is 24.3 Å². The van der Waals surface area contributed by atoms with Crippen molar-refractivity contribution in [2.24, 2.45) is 11.7 Å². The first kappa shape index (κ1) is 14.8. The zero-order chi connectivity index (χ0) is 13.9. The molecular formula is C16H25ClN2. The summed E-state index contributed by atoms with van der Waals surface area (Å²) in [5, 5.41) is 0.793. The van der Waals surface area contributed by atoms with Crippen molar-refractivity contribution >= 4 is 11.6 Å². The van der Waals surface area contributed by atoms with Crippen molar-refractivity contribution in [3.63, 3.8) is 0 Å². The maximum Gasteiger partial charge on any atom is 0.0406 e. The van der Waals surface area contributed by atoms with Crippen molar-refractivity contribution in [1.29, 1.82) is 0 Å². The van der Waals surface area contributed by atoms with E-state index in [-0.39, 0.29) is 5.54 Å². The van der Waals surface area contributed by atoms with Crippen molar-refractivity contribution in [2.75, 3.05) is 20.1 Å². The topological polar surface area (TPSA) is 29.3 Å². The maximum absolute atomic E-state index is 6.05. The van der Waals surface area contributed by atoms with E-state index in [1.165, 1.54) is 31.4 Å². The lowest BCUT2D eigenvalue weighted by molar-refractivity contribution is 0.0982. The minimum atomic E-state index is 0.0312. The van der Waals surface area contributed by atoms with Crippen LogP contribution in [-0.4, -0.2) is 30.6 Å². The van der Waals surface area contributed by atoms with Crippen molar-refractivity contribution in [3.8, 4) is 0 Å². The normalized spacial score (nSPS) is 19.2. The van der Waals surface area contributed by atoms with Crippen LogP contribution in [0.1, 0.15) is 31.7 Å².